The summed E-state index contributed by atoms with van der Waals surface area (Å²) in [6, 6.07) is 5.77. The average Bonchev–Trinajstić information content (AvgIpc) is 2.86. The van der Waals surface area contributed by atoms with Crippen LogP contribution in [-0.2, 0) is 13.0 Å². The van der Waals surface area contributed by atoms with E-state index < -0.39 is 0 Å². The predicted octanol–water partition coefficient (Wildman–Crippen LogP) is 4.37. The van der Waals surface area contributed by atoms with Crippen LogP contribution in [0, 0.1) is 0 Å². The quantitative estimate of drug-likeness (QED) is 0.859. The number of hydrogen-bond donors (Lipinski definition) is 1. The first-order chi connectivity index (χ1) is 9.22. The predicted molar refractivity (Wildman–Crippen MR) is 81.4 cm³/mol. The van der Waals surface area contributed by atoms with Crippen LogP contribution in [0.15, 0.2) is 24.4 Å². The molecule has 1 aromatic carbocycles. The van der Waals surface area contributed by atoms with Crippen molar-refractivity contribution in [1.82, 2.24) is 4.98 Å². The van der Waals surface area contributed by atoms with Gasteiger partial charge in [-0.1, -0.05) is 29.9 Å². The Hall–Kier alpha value is -1.26. The van der Waals surface area contributed by atoms with Crippen LogP contribution in [0.4, 0.5) is 5.13 Å². The molecule has 0 saturated heterocycles. The Morgan fingerprint density at radius 2 is 2.21 bits per heavy atom. The molecule has 0 aliphatic carbocycles. The second-order valence-electron chi connectivity index (χ2n) is 4.06. The Bertz CT molecular complexity index is 542. The van der Waals surface area contributed by atoms with Gasteiger partial charge in [-0.05, 0) is 37.1 Å². The van der Waals surface area contributed by atoms with E-state index in [9.17, 15) is 0 Å². The fourth-order valence-electron chi connectivity index (χ4n) is 1.67. The van der Waals surface area contributed by atoms with Gasteiger partial charge in [-0.25, -0.2) is 4.98 Å². The van der Waals surface area contributed by atoms with Gasteiger partial charge in [0, 0.05) is 17.8 Å². The van der Waals surface area contributed by atoms with Crippen molar-refractivity contribution in [2.24, 2.45) is 0 Å². The summed E-state index contributed by atoms with van der Waals surface area (Å²) in [5.74, 6) is 0.847. The summed E-state index contributed by atoms with van der Waals surface area (Å²) in [5, 5.41) is 4.92. The third kappa shape index (κ3) is 3.85. The molecule has 19 heavy (non-hydrogen) atoms. The molecule has 0 amide bonds. The number of thiazole rings is 1. The Kier molecular flexibility index (Phi) is 5.05. The zero-order chi connectivity index (χ0) is 13.7. The minimum absolute atomic E-state index is 0.536. The summed E-state index contributed by atoms with van der Waals surface area (Å²) in [4.78, 5) is 5.37. The van der Waals surface area contributed by atoms with Crippen molar-refractivity contribution in [3.63, 3.8) is 0 Å². The van der Waals surface area contributed by atoms with E-state index >= 15 is 0 Å². The molecule has 2 rings (SSSR count). The van der Waals surface area contributed by atoms with Gasteiger partial charge in [-0.3, -0.25) is 0 Å². The van der Waals surface area contributed by atoms with E-state index in [0.29, 0.717) is 6.61 Å². The Labute approximate surface area is 122 Å². The van der Waals surface area contributed by atoms with E-state index in [-0.39, 0.29) is 0 Å². The van der Waals surface area contributed by atoms with Gasteiger partial charge in [0.15, 0.2) is 5.13 Å². The average molecular weight is 297 g/mol. The number of anilines is 1. The van der Waals surface area contributed by atoms with Gasteiger partial charge in [-0.2, -0.15) is 0 Å². The standard InChI is InChI=1S/C14H17ClN2OS/c1-3-10-7-11(5-6-13(10)15)18-9-12-8-17-14(19-12)16-4-2/h5-8H,3-4,9H2,1-2H3,(H,16,17). The number of nitrogens with zero attached hydrogens (tertiary/aromatic N) is 1. The molecule has 0 saturated carbocycles. The topological polar surface area (TPSA) is 34.2 Å². The maximum Gasteiger partial charge on any atom is 0.182 e. The molecule has 0 radical (unpaired) electrons. The highest BCUT2D eigenvalue weighted by Crippen LogP contribution is 2.24. The van der Waals surface area contributed by atoms with Crippen molar-refractivity contribution < 1.29 is 4.74 Å². The van der Waals surface area contributed by atoms with E-state index in [1.54, 1.807) is 11.3 Å². The second-order valence-corrected chi connectivity index (χ2v) is 5.58. The monoisotopic (exact) mass is 296 g/mol. The van der Waals surface area contributed by atoms with Crippen LogP contribution in [0.1, 0.15) is 24.3 Å². The van der Waals surface area contributed by atoms with E-state index in [2.05, 4.69) is 24.1 Å². The maximum absolute atomic E-state index is 6.08. The van der Waals surface area contributed by atoms with Gasteiger partial charge in [-0.15, -0.1) is 0 Å². The smallest absolute Gasteiger partial charge is 0.182 e. The molecule has 0 aliphatic heterocycles. The number of halogens is 1. The first kappa shape index (κ1) is 14.2. The van der Waals surface area contributed by atoms with Crippen molar-refractivity contribution in [3.8, 4) is 5.75 Å². The van der Waals surface area contributed by atoms with Crippen LogP contribution < -0.4 is 10.1 Å². The van der Waals surface area contributed by atoms with Gasteiger partial charge in [0.05, 0.1) is 4.88 Å². The molecular weight excluding hydrogens is 280 g/mol. The summed E-state index contributed by atoms with van der Waals surface area (Å²) >= 11 is 7.70. The Morgan fingerprint density at radius 3 is 2.95 bits per heavy atom. The zero-order valence-electron chi connectivity index (χ0n) is 11.1. The molecule has 1 heterocycles. The number of rotatable bonds is 6. The molecule has 2 aromatic rings. The van der Waals surface area contributed by atoms with Crippen LogP contribution in [0.25, 0.3) is 0 Å². The number of hydrogen-bond acceptors (Lipinski definition) is 4. The van der Waals surface area contributed by atoms with E-state index in [1.807, 2.05) is 24.4 Å². The van der Waals surface area contributed by atoms with Gasteiger partial charge in [0.1, 0.15) is 12.4 Å². The first-order valence-electron chi connectivity index (χ1n) is 6.32. The summed E-state index contributed by atoms with van der Waals surface area (Å²) in [7, 11) is 0. The molecule has 0 bridgehead atoms. The SMILES string of the molecule is CCNc1ncc(COc2ccc(Cl)c(CC)c2)s1. The van der Waals surface area contributed by atoms with E-state index in [4.69, 9.17) is 16.3 Å². The normalized spacial score (nSPS) is 10.5. The molecule has 0 atom stereocenters. The summed E-state index contributed by atoms with van der Waals surface area (Å²) in [6.45, 7) is 5.55. The van der Waals surface area contributed by atoms with Crippen LogP contribution in [0.5, 0.6) is 5.75 Å². The number of aryl methyl sites for hydroxylation is 1. The fraction of sp³-hybridized carbons (Fsp3) is 0.357. The molecular formula is C14H17ClN2OS. The van der Waals surface area contributed by atoms with Crippen LogP contribution >= 0.6 is 22.9 Å². The van der Waals surface area contributed by atoms with Crippen LogP contribution in [0.2, 0.25) is 5.02 Å². The highest BCUT2D eigenvalue weighted by molar-refractivity contribution is 7.15. The Morgan fingerprint density at radius 1 is 1.37 bits per heavy atom. The largest absolute Gasteiger partial charge is 0.488 e. The molecule has 0 fully saturated rings. The van der Waals surface area contributed by atoms with Crippen molar-refractivity contribution in [2.45, 2.75) is 26.9 Å². The highest BCUT2D eigenvalue weighted by Gasteiger charge is 2.04. The molecule has 5 heteroatoms. The number of nitrogens with one attached hydrogen (secondary N) is 1. The molecule has 0 unspecified atom stereocenters. The van der Waals surface area contributed by atoms with Crippen molar-refractivity contribution in [1.29, 1.82) is 0 Å². The lowest BCUT2D eigenvalue weighted by atomic mass is 10.1. The van der Waals surface area contributed by atoms with Crippen molar-refractivity contribution in [3.05, 3.63) is 39.9 Å². The Balaban J connectivity index is 1.97. The van der Waals surface area contributed by atoms with Gasteiger partial charge in [0.2, 0.25) is 0 Å². The number of benzene rings is 1. The molecule has 0 spiro atoms. The second kappa shape index (κ2) is 6.78. The van der Waals surface area contributed by atoms with Gasteiger partial charge < -0.3 is 10.1 Å². The van der Waals surface area contributed by atoms with Crippen LogP contribution in [0.3, 0.4) is 0 Å². The van der Waals surface area contributed by atoms with Gasteiger partial charge >= 0.3 is 0 Å². The summed E-state index contributed by atoms with van der Waals surface area (Å²) < 4.78 is 5.77. The van der Waals surface area contributed by atoms with Crippen LogP contribution in [-0.4, -0.2) is 11.5 Å². The third-order valence-electron chi connectivity index (χ3n) is 2.66. The molecule has 1 N–H and O–H groups in total. The number of ether oxygens (including phenoxy) is 1. The molecule has 3 nitrogen and oxygen atoms in total. The zero-order valence-corrected chi connectivity index (χ0v) is 12.6. The summed E-state index contributed by atoms with van der Waals surface area (Å²) in [5.41, 5.74) is 1.11. The van der Waals surface area contributed by atoms with Crippen molar-refractivity contribution >= 4 is 28.1 Å². The summed E-state index contributed by atoms with van der Waals surface area (Å²) in [6.07, 6.45) is 2.75. The molecule has 102 valence electrons. The highest BCUT2D eigenvalue weighted by atomic mass is 35.5. The lowest BCUT2D eigenvalue weighted by molar-refractivity contribution is 0.309. The minimum Gasteiger partial charge on any atom is -0.488 e. The fourth-order valence-corrected chi connectivity index (χ4v) is 2.72. The lowest BCUT2D eigenvalue weighted by Crippen LogP contribution is -1.94. The minimum atomic E-state index is 0.536. The van der Waals surface area contributed by atoms with Crippen molar-refractivity contribution in [2.75, 3.05) is 11.9 Å². The third-order valence-corrected chi connectivity index (χ3v) is 3.96. The molecule has 0 aliphatic rings. The number of aromatic nitrogens is 1. The van der Waals surface area contributed by atoms with E-state index in [0.717, 1.165) is 39.3 Å². The maximum atomic E-state index is 6.08. The van der Waals surface area contributed by atoms with E-state index in [1.165, 1.54) is 0 Å². The molecule has 1 aromatic heterocycles. The van der Waals surface area contributed by atoms with Gasteiger partial charge in [0.25, 0.3) is 0 Å². The lowest BCUT2D eigenvalue weighted by Gasteiger charge is -2.07. The first-order valence-corrected chi connectivity index (χ1v) is 7.52.